The number of carbonyl (C=O) groups is 1. The first-order chi connectivity index (χ1) is 15.4. The molecule has 0 aliphatic carbocycles. The van der Waals surface area contributed by atoms with E-state index >= 15 is 0 Å². The zero-order valence-corrected chi connectivity index (χ0v) is 19.3. The van der Waals surface area contributed by atoms with Gasteiger partial charge in [0, 0.05) is 44.5 Å². The highest BCUT2D eigenvalue weighted by atomic mass is 35.5. The molecule has 8 nitrogen and oxygen atoms in total. The van der Waals surface area contributed by atoms with Gasteiger partial charge in [-0.15, -0.1) is 0 Å². The van der Waals surface area contributed by atoms with E-state index in [1.165, 1.54) is 13.3 Å². The smallest absolute Gasteiger partial charge is 0.232 e. The van der Waals surface area contributed by atoms with E-state index in [-0.39, 0.29) is 5.91 Å². The molecule has 1 aliphatic rings. The van der Waals surface area contributed by atoms with Crippen LogP contribution in [0.1, 0.15) is 12.5 Å². The average Bonchev–Trinajstić information content (AvgIpc) is 2.78. The van der Waals surface area contributed by atoms with Gasteiger partial charge in [0.15, 0.2) is 0 Å². The highest BCUT2D eigenvalue weighted by Crippen LogP contribution is 2.33. The number of nitrogens with zero attached hydrogens (tertiary/aromatic N) is 5. The van der Waals surface area contributed by atoms with E-state index in [0.717, 1.165) is 48.8 Å². The molecule has 0 saturated carbocycles. The Morgan fingerprint density at radius 2 is 1.66 bits per heavy atom. The molecule has 0 spiro atoms. The van der Waals surface area contributed by atoms with Gasteiger partial charge in [-0.25, -0.2) is 9.97 Å². The molecular formula is C22H23Cl2N7O. The predicted molar refractivity (Wildman–Crippen MR) is 129 cm³/mol. The average molecular weight is 472 g/mol. The molecule has 2 heterocycles. The highest BCUT2D eigenvalue weighted by molar-refractivity contribution is 6.43. The summed E-state index contributed by atoms with van der Waals surface area (Å²) in [5, 5.41) is 7.18. The van der Waals surface area contributed by atoms with Crippen LogP contribution in [-0.4, -0.2) is 47.0 Å². The number of aromatic nitrogens is 3. The molecule has 1 amide bonds. The molecule has 166 valence electrons. The van der Waals surface area contributed by atoms with E-state index in [0.29, 0.717) is 21.9 Å². The minimum Gasteiger partial charge on any atom is -0.367 e. The van der Waals surface area contributed by atoms with Crippen molar-refractivity contribution in [3.05, 3.63) is 58.3 Å². The van der Waals surface area contributed by atoms with Crippen LogP contribution in [0.5, 0.6) is 0 Å². The molecule has 4 rings (SSSR count). The van der Waals surface area contributed by atoms with Crippen molar-refractivity contribution in [3.8, 4) is 0 Å². The Balaban J connectivity index is 1.45. The molecule has 0 radical (unpaired) electrons. The Morgan fingerprint density at radius 3 is 2.41 bits per heavy atom. The van der Waals surface area contributed by atoms with Gasteiger partial charge < -0.3 is 20.4 Å². The van der Waals surface area contributed by atoms with Gasteiger partial charge in [0.05, 0.1) is 15.7 Å². The van der Waals surface area contributed by atoms with Gasteiger partial charge >= 0.3 is 0 Å². The van der Waals surface area contributed by atoms with Gasteiger partial charge in [-0.2, -0.15) is 4.98 Å². The van der Waals surface area contributed by atoms with Crippen LogP contribution in [0.2, 0.25) is 10.0 Å². The van der Waals surface area contributed by atoms with Crippen molar-refractivity contribution >= 4 is 58.1 Å². The van der Waals surface area contributed by atoms with Crippen molar-refractivity contribution in [2.24, 2.45) is 0 Å². The topological polar surface area (TPSA) is 86.3 Å². The van der Waals surface area contributed by atoms with Crippen LogP contribution in [0.15, 0.2) is 42.7 Å². The number of piperazine rings is 1. The van der Waals surface area contributed by atoms with Crippen molar-refractivity contribution in [1.82, 2.24) is 15.0 Å². The van der Waals surface area contributed by atoms with Crippen LogP contribution in [0.25, 0.3) is 0 Å². The third-order valence-corrected chi connectivity index (χ3v) is 6.09. The molecule has 1 saturated heterocycles. The molecule has 10 heteroatoms. The lowest BCUT2D eigenvalue weighted by atomic mass is 10.1. The fraction of sp³-hybridized carbons (Fsp3) is 0.273. The molecule has 0 unspecified atom stereocenters. The van der Waals surface area contributed by atoms with Crippen LogP contribution in [0, 0.1) is 6.92 Å². The van der Waals surface area contributed by atoms with Gasteiger partial charge in [0.1, 0.15) is 6.33 Å². The number of hydrogen-bond acceptors (Lipinski definition) is 7. The van der Waals surface area contributed by atoms with Crippen molar-refractivity contribution in [1.29, 1.82) is 0 Å². The summed E-state index contributed by atoms with van der Waals surface area (Å²) in [4.78, 5) is 28.9. The summed E-state index contributed by atoms with van der Waals surface area (Å²) in [5.74, 6) is 0.930. The normalized spacial score (nSPS) is 13.8. The first-order valence-electron chi connectivity index (χ1n) is 10.2. The maximum Gasteiger partial charge on any atom is 0.232 e. The molecule has 0 bridgehead atoms. The van der Waals surface area contributed by atoms with Crippen molar-refractivity contribution in [3.63, 3.8) is 0 Å². The van der Waals surface area contributed by atoms with E-state index in [4.69, 9.17) is 23.2 Å². The monoisotopic (exact) mass is 471 g/mol. The number of halogens is 2. The van der Waals surface area contributed by atoms with Crippen LogP contribution in [0.4, 0.5) is 29.0 Å². The van der Waals surface area contributed by atoms with E-state index in [1.807, 2.05) is 37.3 Å². The molecule has 32 heavy (non-hydrogen) atoms. The molecule has 2 N–H and O–H groups in total. The van der Waals surface area contributed by atoms with Gasteiger partial charge in [-0.1, -0.05) is 35.3 Å². The van der Waals surface area contributed by atoms with Crippen molar-refractivity contribution in [2.45, 2.75) is 13.8 Å². The number of carbonyl (C=O) groups excluding carboxylic acids is 1. The second kappa shape index (κ2) is 9.58. The minimum atomic E-state index is -0.120. The summed E-state index contributed by atoms with van der Waals surface area (Å²) in [5.41, 5.74) is 3.39. The number of anilines is 5. The Bertz CT molecular complexity index is 1130. The number of rotatable bonds is 5. The van der Waals surface area contributed by atoms with Crippen LogP contribution >= 0.6 is 23.2 Å². The van der Waals surface area contributed by atoms with Gasteiger partial charge in [-0.3, -0.25) is 4.79 Å². The summed E-state index contributed by atoms with van der Waals surface area (Å²) >= 11 is 12.5. The fourth-order valence-electron chi connectivity index (χ4n) is 3.60. The first kappa shape index (κ1) is 22.1. The molecule has 1 aromatic heterocycles. The van der Waals surface area contributed by atoms with E-state index < -0.39 is 0 Å². The first-order valence-corrected chi connectivity index (χ1v) is 10.9. The lowest BCUT2D eigenvalue weighted by Gasteiger charge is -2.36. The van der Waals surface area contributed by atoms with E-state index in [1.54, 1.807) is 6.07 Å². The molecule has 1 fully saturated rings. The number of hydrogen-bond donors (Lipinski definition) is 2. The SMILES string of the molecule is CC(=O)Nc1cccc(Nc2ncnc(N3CCN(c4cccc(Cl)c4Cl)CC3)n2)c1C. The van der Waals surface area contributed by atoms with Crippen LogP contribution < -0.4 is 20.4 Å². The maximum absolute atomic E-state index is 11.4. The molecular weight excluding hydrogens is 449 g/mol. The van der Waals surface area contributed by atoms with Crippen LogP contribution in [0.3, 0.4) is 0 Å². The van der Waals surface area contributed by atoms with Gasteiger partial charge in [0.25, 0.3) is 0 Å². The molecule has 2 aromatic carbocycles. The highest BCUT2D eigenvalue weighted by Gasteiger charge is 2.22. The number of amides is 1. The van der Waals surface area contributed by atoms with Gasteiger partial charge in [0.2, 0.25) is 17.8 Å². The summed E-state index contributed by atoms with van der Waals surface area (Å²) in [6.45, 7) is 6.43. The van der Waals surface area contributed by atoms with Gasteiger partial charge in [-0.05, 0) is 36.8 Å². The second-order valence-electron chi connectivity index (χ2n) is 7.44. The summed E-state index contributed by atoms with van der Waals surface area (Å²) in [6, 6.07) is 11.3. The second-order valence-corrected chi connectivity index (χ2v) is 8.23. The Morgan fingerprint density at radius 1 is 0.969 bits per heavy atom. The molecule has 1 aliphatic heterocycles. The van der Waals surface area contributed by atoms with Crippen molar-refractivity contribution in [2.75, 3.05) is 46.6 Å². The predicted octanol–water partition coefficient (Wildman–Crippen LogP) is 4.52. The van der Waals surface area contributed by atoms with Crippen LogP contribution in [-0.2, 0) is 4.79 Å². The Kier molecular flexibility index (Phi) is 6.62. The lowest BCUT2D eigenvalue weighted by Crippen LogP contribution is -2.47. The zero-order chi connectivity index (χ0) is 22.7. The number of benzene rings is 2. The summed E-state index contributed by atoms with van der Waals surface area (Å²) < 4.78 is 0. The van der Waals surface area contributed by atoms with E-state index in [9.17, 15) is 4.79 Å². The largest absolute Gasteiger partial charge is 0.367 e. The Hall–Kier alpha value is -3.10. The Labute approximate surface area is 196 Å². The third kappa shape index (κ3) is 4.87. The van der Waals surface area contributed by atoms with Crippen molar-refractivity contribution < 1.29 is 4.79 Å². The third-order valence-electron chi connectivity index (χ3n) is 5.28. The van der Waals surface area contributed by atoms with E-state index in [2.05, 4.69) is 35.4 Å². The fourth-order valence-corrected chi connectivity index (χ4v) is 4.02. The summed E-state index contributed by atoms with van der Waals surface area (Å²) in [6.07, 6.45) is 1.50. The lowest BCUT2D eigenvalue weighted by molar-refractivity contribution is -0.114. The summed E-state index contributed by atoms with van der Waals surface area (Å²) in [7, 11) is 0. The minimum absolute atomic E-state index is 0.120. The maximum atomic E-state index is 11.4. The quantitative estimate of drug-likeness (QED) is 0.565. The molecule has 0 atom stereocenters. The number of nitrogens with one attached hydrogen (secondary N) is 2. The standard InChI is InChI=1S/C22H23Cl2N7O/c1-14-17(27-15(2)32)6-4-7-18(14)28-21-25-13-26-22(29-21)31-11-9-30(10-12-31)19-8-3-5-16(23)20(19)24/h3-8,13H,9-12H2,1-2H3,(H,27,32)(H,25,26,28,29). The molecule has 3 aromatic rings. The zero-order valence-electron chi connectivity index (χ0n) is 17.8.